The minimum atomic E-state index is -0.169. The molecule has 7 heteroatoms. The first-order chi connectivity index (χ1) is 14.5. The van der Waals surface area contributed by atoms with Gasteiger partial charge < -0.3 is 14.8 Å². The van der Waals surface area contributed by atoms with Gasteiger partial charge in [0.15, 0.2) is 5.82 Å². The Morgan fingerprint density at radius 1 is 1.07 bits per heavy atom. The Morgan fingerprint density at radius 3 is 2.40 bits per heavy atom. The summed E-state index contributed by atoms with van der Waals surface area (Å²) >= 11 is 0. The second-order valence-electron chi connectivity index (χ2n) is 7.31. The number of carbonyl (C=O) groups is 3. The Bertz CT molecular complexity index is 1080. The topological polar surface area (TPSA) is 84.3 Å². The maximum absolute atomic E-state index is 12.5. The van der Waals surface area contributed by atoms with Gasteiger partial charge in [-0.15, -0.1) is 0 Å². The molecule has 7 nitrogen and oxygen atoms in total. The van der Waals surface area contributed by atoms with E-state index in [0.29, 0.717) is 23.5 Å². The molecular formula is C23H22N4O3. The van der Waals surface area contributed by atoms with Crippen molar-refractivity contribution in [2.45, 2.75) is 19.3 Å². The Balaban J connectivity index is 1.35. The number of hydrogen-bond donors (Lipinski definition) is 1. The maximum Gasteiger partial charge on any atom is 0.228 e. The van der Waals surface area contributed by atoms with E-state index in [1.165, 1.54) is 0 Å². The van der Waals surface area contributed by atoms with Crippen molar-refractivity contribution in [2.75, 3.05) is 16.8 Å². The molecule has 2 heterocycles. The third-order valence-electron chi connectivity index (χ3n) is 5.14. The van der Waals surface area contributed by atoms with Gasteiger partial charge in [0.25, 0.3) is 0 Å². The molecule has 0 aliphatic carbocycles. The fourth-order valence-electron chi connectivity index (χ4n) is 3.52. The van der Waals surface area contributed by atoms with Crippen molar-refractivity contribution in [1.82, 2.24) is 9.55 Å². The largest absolute Gasteiger partial charge is 0.331 e. The van der Waals surface area contributed by atoms with E-state index in [2.05, 4.69) is 10.3 Å². The van der Waals surface area contributed by atoms with Crippen LogP contribution in [0.15, 0.2) is 60.9 Å². The quantitative estimate of drug-likeness (QED) is 0.643. The van der Waals surface area contributed by atoms with Gasteiger partial charge in [-0.1, -0.05) is 12.1 Å². The van der Waals surface area contributed by atoms with Crippen LogP contribution in [-0.2, 0) is 23.1 Å². The number of aromatic nitrogens is 2. The third kappa shape index (κ3) is 4.15. The molecule has 1 aliphatic rings. The van der Waals surface area contributed by atoms with Crippen LogP contribution >= 0.6 is 0 Å². The van der Waals surface area contributed by atoms with E-state index in [4.69, 9.17) is 0 Å². The lowest BCUT2D eigenvalue weighted by molar-refractivity contribution is -0.117. The van der Waals surface area contributed by atoms with Gasteiger partial charge in [0.1, 0.15) is 0 Å². The Morgan fingerprint density at radius 2 is 1.80 bits per heavy atom. The van der Waals surface area contributed by atoms with Crippen LogP contribution in [0.3, 0.4) is 0 Å². The highest BCUT2D eigenvalue weighted by Gasteiger charge is 2.21. The molecule has 0 atom stereocenters. The molecule has 2 amide bonds. The standard InChI is InChI=1S/C23H22N4O3/c1-26-14-12-24-23(26)22(30)17-6-8-18(9-7-17)25-20(28)15-16-4-10-19(11-5-16)27-13-2-3-21(27)29/h4-12,14H,2-3,13,15H2,1H3,(H,25,28). The van der Waals surface area contributed by atoms with Gasteiger partial charge in [-0.05, 0) is 48.4 Å². The summed E-state index contributed by atoms with van der Waals surface area (Å²) in [6.07, 6.45) is 5.00. The highest BCUT2D eigenvalue weighted by atomic mass is 16.2. The molecule has 1 saturated heterocycles. The number of anilines is 2. The molecule has 30 heavy (non-hydrogen) atoms. The SMILES string of the molecule is Cn1ccnc1C(=O)c1ccc(NC(=O)Cc2ccc(N3CCCC3=O)cc2)cc1. The van der Waals surface area contributed by atoms with E-state index in [9.17, 15) is 14.4 Å². The number of aryl methyl sites for hydroxylation is 1. The number of hydrogen-bond acceptors (Lipinski definition) is 4. The first-order valence-electron chi connectivity index (χ1n) is 9.82. The average Bonchev–Trinajstić information content (AvgIpc) is 3.36. The van der Waals surface area contributed by atoms with Gasteiger partial charge >= 0.3 is 0 Å². The molecule has 1 N–H and O–H groups in total. The van der Waals surface area contributed by atoms with E-state index < -0.39 is 0 Å². The Kier molecular flexibility index (Phi) is 5.43. The number of nitrogens with one attached hydrogen (secondary N) is 1. The molecule has 1 fully saturated rings. The number of ketones is 1. The Hall–Kier alpha value is -3.74. The number of rotatable bonds is 6. The highest BCUT2D eigenvalue weighted by Crippen LogP contribution is 2.22. The van der Waals surface area contributed by atoms with Gasteiger partial charge in [0.05, 0.1) is 6.42 Å². The van der Waals surface area contributed by atoms with Crippen molar-refractivity contribution in [2.24, 2.45) is 7.05 Å². The summed E-state index contributed by atoms with van der Waals surface area (Å²) in [5, 5.41) is 2.84. The van der Waals surface area contributed by atoms with Crippen molar-refractivity contribution in [3.63, 3.8) is 0 Å². The fourth-order valence-corrected chi connectivity index (χ4v) is 3.52. The monoisotopic (exact) mass is 402 g/mol. The number of benzene rings is 2. The average molecular weight is 402 g/mol. The zero-order chi connectivity index (χ0) is 21.1. The molecule has 0 unspecified atom stereocenters. The van der Waals surface area contributed by atoms with E-state index in [0.717, 1.165) is 24.2 Å². The normalized spacial score (nSPS) is 13.5. The van der Waals surface area contributed by atoms with Crippen molar-refractivity contribution in [3.05, 3.63) is 77.9 Å². The molecule has 0 spiro atoms. The van der Waals surface area contributed by atoms with Crippen LogP contribution in [0, 0.1) is 0 Å². The Labute approximate surface area is 174 Å². The number of nitrogens with zero attached hydrogens (tertiary/aromatic N) is 3. The van der Waals surface area contributed by atoms with Crippen molar-refractivity contribution >= 4 is 29.0 Å². The molecule has 152 valence electrons. The van der Waals surface area contributed by atoms with Crippen LogP contribution < -0.4 is 10.2 Å². The summed E-state index contributed by atoms with van der Waals surface area (Å²) < 4.78 is 1.67. The molecule has 1 aromatic heterocycles. The number of imidazole rings is 1. The molecule has 4 rings (SSSR count). The predicted molar refractivity (Wildman–Crippen MR) is 113 cm³/mol. The summed E-state index contributed by atoms with van der Waals surface area (Å²) in [5.41, 5.74) is 2.86. The van der Waals surface area contributed by atoms with Crippen molar-refractivity contribution in [1.29, 1.82) is 0 Å². The summed E-state index contributed by atoms with van der Waals surface area (Å²) in [6.45, 7) is 0.747. The molecular weight excluding hydrogens is 380 g/mol. The third-order valence-corrected chi connectivity index (χ3v) is 5.14. The maximum atomic E-state index is 12.5. The van der Waals surface area contributed by atoms with E-state index >= 15 is 0 Å². The van der Waals surface area contributed by atoms with E-state index in [1.54, 1.807) is 53.2 Å². The van der Waals surface area contributed by atoms with Gasteiger partial charge in [-0.3, -0.25) is 14.4 Å². The molecule has 3 aromatic rings. The summed E-state index contributed by atoms with van der Waals surface area (Å²) in [6, 6.07) is 14.3. The zero-order valence-corrected chi connectivity index (χ0v) is 16.7. The van der Waals surface area contributed by atoms with E-state index in [1.807, 2.05) is 24.3 Å². The second kappa shape index (κ2) is 8.32. The lowest BCUT2D eigenvalue weighted by atomic mass is 10.1. The van der Waals surface area contributed by atoms with Crippen molar-refractivity contribution in [3.8, 4) is 0 Å². The van der Waals surface area contributed by atoms with E-state index in [-0.39, 0.29) is 24.0 Å². The van der Waals surface area contributed by atoms with Gasteiger partial charge in [0.2, 0.25) is 17.6 Å². The summed E-state index contributed by atoms with van der Waals surface area (Å²) in [4.78, 5) is 42.5. The van der Waals surface area contributed by atoms with Gasteiger partial charge in [-0.25, -0.2) is 4.98 Å². The van der Waals surface area contributed by atoms with Crippen LogP contribution in [0.5, 0.6) is 0 Å². The van der Waals surface area contributed by atoms with Crippen LogP contribution in [-0.4, -0.2) is 33.7 Å². The first kappa shape index (κ1) is 19.6. The molecule has 2 aromatic carbocycles. The smallest absolute Gasteiger partial charge is 0.228 e. The molecule has 0 radical (unpaired) electrons. The minimum Gasteiger partial charge on any atom is -0.331 e. The predicted octanol–water partition coefficient (Wildman–Crippen LogP) is 2.96. The first-order valence-corrected chi connectivity index (χ1v) is 9.82. The minimum absolute atomic E-state index is 0.144. The number of carbonyl (C=O) groups excluding carboxylic acids is 3. The van der Waals surface area contributed by atoms with Crippen LogP contribution in [0.1, 0.15) is 34.6 Å². The zero-order valence-electron chi connectivity index (χ0n) is 16.7. The van der Waals surface area contributed by atoms with Crippen LogP contribution in [0.4, 0.5) is 11.4 Å². The van der Waals surface area contributed by atoms with Crippen LogP contribution in [0.2, 0.25) is 0 Å². The van der Waals surface area contributed by atoms with Crippen molar-refractivity contribution < 1.29 is 14.4 Å². The fraction of sp³-hybridized carbons (Fsp3) is 0.217. The molecule has 0 bridgehead atoms. The summed E-state index contributed by atoms with van der Waals surface area (Å²) in [7, 11) is 1.77. The number of amides is 2. The van der Waals surface area contributed by atoms with Crippen LogP contribution in [0.25, 0.3) is 0 Å². The lowest BCUT2D eigenvalue weighted by Crippen LogP contribution is -2.23. The van der Waals surface area contributed by atoms with Gasteiger partial charge in [-0.2, -0.15) is 0 Å². The molecule has 1 aliphatic heterocycles. The molecule has 0 saturated carbocycles. The highest BCUT2D eigenvalue weighted by molar-refractivity contribution is 6.07. The summed E-state index contributed by atoms with van der Waals surface area (Å²) in [5.74, 6) is 0.191. The van der Waals surface area contributed by atoms with Gasteiger partial charge in [0, 0.05) is 49.3 Å². The lowest BCUT2D eigenvalue weighted by Gasteiger charge is -2.15. The second-order valence-corrected chi connectivity index (χ2v) is 7.31.